The number of urea groups is 1. The third-order valence-corrected chi connectivity index (χ3v) is 4.77. The number of hydrogen-bond acceptors (Lipinski definition) is 4. The maximum atomic E-state index is 12.4. The minimum absolute atomic E-state index is 0.0582. The molecule has 28 heavy (non-hydrogen) atoms. The van der Waals surface area contributed by atoms with Crippen LogP contribution in [0.15, 0.2) is 24.3 Å². The van der Waals surface area contributed by atoms with Gasteiger partial charge < -0.3 is 25.0 Å². The molecular weight excluding hydrogens is 379 g/mol. The Morgan fingerprint density at radius 1 is 1.11 bits per heavy atom. The Morgan fingerprint density at radius 3 is 2.36 bits per heavy atom. The summed E-state index contributed by atoms with van der Waals surface area (Å²) >= 11 is 0. The molecule has 2 heterocycles. The highest BCUT2D eigenvalue weighted by molar-refractivity contribution is 5.89. The maximum Gasteiger partial charge on any atom is 0.573 e. The Balaban J connectivity index is 1.41. The number of carbonyl (C=O) groups excluding carboxylic acids is 2. The van der Waals surface area contributed by atoms with Crippen LogP contribution in [0.5, 0.6) is 5.75 Å². The number of hydrogen-bond donors (Lipinski definition) is 2. The van der Waals surface area contributed by atoms with Gasteiger partial charge in [0, 0.05) is 31.4 Å². The van der Waals surface area contributed by atoms with E-state index < -0.39 is 12.4 Å². The van der Waals surface area contributed by atoms with Crippen molar-refractivity contribution in [2.45, 2.75) is 31.7 Å². The molecule has 0 saturated carbocycles. The molecule has 3 amide bonds. The summed E-state index contributed by atoms with van der Waals surface area (Å²) < 4.78 is 45.5. The highest BCUT2D eigenvalue weighted by Gasteiger charge is 2.32. The van der Waals surface area contributed by atoms with Crippen molar-refractivity contribution < 1.29 is 32.2 Å². The first kappa shape index (κ1) is 20.2. The number of alkyl halides is 3. The fourth-order valence-corrected chi connectivity index (χ4v) is 3.32. The summed E-state index contributed by atoms with van der Waals surface area (Å²) in [5.74, 6) is -0.304. The van der Waals surface area contributed by atoms with Crippen molar-refractivity contribution in [1.82, 2.24) is 10.2 Å². The van der Waals surface area contributed by atoms with Crippen LogP contribution < -0.4 is 15.4 Å². The number of nitrogens with one attached hydrogen (secondary N) is 2. The first-order chi connectivity index (χ1) is 13.3. The summed E-state index contributed by atoms with van der Waals surface area (Å²) in [6, 6.07) is 4.38. The van der Waals surface area contributed by atoms with Crippen molar-refractivity contribution >= 4 is 17.6 Å². The molecule has 7 nitrogen and oxygen atoms in total. The molecule has 0 unspecified atom stereocenters. The number of ether oxygens (including phenoxy) is 2. The second-order valence-corrected chi connectivity index (χ2v) is 6.83. The average Bonchev–Trinajstić information content (AvgIpc) is 3.17. The lowest BCUT2D eigenvalue weighted by Crippen LogP contribution is -2.49. The first-order valence-corrected chi connectivity index (χ1v) is 9.10. The van der Waals surface area contributed by atoms with Gasteiger partial charge >= 0.3 is 12.4 Å². The van der Waals surface area contributed by atoms with Crippen LogP contribution in [0.2, 0.25) is 0 Å². The molecule has 2 aliphatic rings. The predicted molar refractivity (Wildman–Crippen MR) is 93.8 cm³/mol. The van der Waals surface area contributed by atoms with Gasteiger partial charge in [-0.1, -0.05) is 0 Å². The molecule has 0 bridgehead atoms. The zero-order valence-electron chi connectivity index (χ0n) is 15.1. The molecule has 2 aliphatic heterocycles. The van der Waals surface area contributed by atoms with E-state index in [1.807, 2.05) is 4.90 Å². The standard InChI is InChI=1S/C18H22F3N3O4/c19-18(20,21)28-15-3-1-13(2-4-15)22-17(26)23-14-5-8-24(9-6-14)16(25)12-7-10-27-11-12/h1-4,12,14H,5-11H2,(H2,22,23,26)/t12-/m1/s1. The fraction of sp³-hybridized carbons (Fsp3) is 0.556. The highest BCUT2D eigenvalue weighted by Crippen LogP contribution is 2.24. The van der Waals surface area contributed by atoms with Crippen LogP contribution in [0, 0.1) is 5.92 Å². The van der Waals surface area contributed by atoms with Crippen molar-refractivity contribution in [3.63, 3.8) is 0 Å². The fourth-order valence-electron chi connectivity index (χ4n) is 3.32. The lowest BCUT2D eigenvalue weighted by atomic mass is 10.0. The number of piperidine rings is 1. The van der Waals surface area contributed by atoms with E-state index in [0.29, 0.717) is 44.8 Å². The van der Waals surface area contributed by atoms with Gasteiger partial charge in [0.05, 0.1) is 12.5 Å². The van der Waals surface area contributed by atoms with E-state index in [2.05, 4.69) is 15.4 Å². The third-order valence-electron chi connectivity index (χ3n) is 4.77. The lowest BCUT2D eigenvalue weighted by molar-refractivity contribution is -0.274. The first-order valence-electron chi connectivity index (χ1n) is 9.10. The number of carbonyl (C=O) groups is 2. The van der Waals surface area contributed by atoms with E-state index in [0.717, 1.165) is 18.6 Å². The molecule has 0 spiro atoms. The molecule has 1 aromatic carbocycles. The van der Waals surface area contributed by atoms with Crippen LogP contribution in [0.1, 0.15) is 19.3 Å². The molecule has 0 aromatic heterocycles. The molecule has 0 aliphatic carbocycles. The van der Waals surface area contributed by atoms with Gasteiger partial charge in [-0.3, -0.25) is 4.79 Å². The van der Waals surface area contributed by atoms with Gasteiger partial charge in [-0.25, -0.2) is 4.79 Å². The van der Waals surface area contributed by atoms with Gasteiger partial charge in [-0.05, 0) is 43.5 Å². The number of nitrogens with zero attached hydrogens (tertiary/aromatic N) is 1. The second-order valence-electron chi connectivity index (χ2n) is 6.83. The number of likely N-dealkylation sites (tertiary alicyclic amines) is 1. The Hall–Kier alpha value is -2.49. The van der Waals surface area contributed by atoms with Crippen LogP contribution >= 0.6 is 0 Å². The average molecular weight is 401 g/mol. The van der Waals surface area contributed by atoms with Gasteiger partial charge in [0.15, 0.2) is 0 Å². The van der Waals surface area contributed by atoms with Gasteiger partial charge in [-0.15, -0.1) is 13.2 Å². The zero-order chi connectivity index (χ0) is 20.1. The number of amides is 3. The number of rotatable bonds is 4. The van der Waals surface area contributed by atoms with Crippen LogP contribution in [0.4, 0.5) is 23.7 Å². The quantitative estimate of drug-likeness (QED) is 0.813. The van der Waals surface area contributed by atoms with Gasteiger partial charge in [0.25, 0.3) is 0 Å². The maximum absolute atomic E-state index is 12.4. The molecule has 0 radical (unpaired) electrons. The Labute approximate surface area is 160 Å². The predicted octanol–water partition coefficient (Wildman–Crippen LogP) is 2.73. The molecule has 2 saturated heterocycles. The Kier molecular flexibility index (Phi) is 6.28. The molecule has 2 N–H and O–H groups in total. The van der Waals surface area contributed by atoms with E-state index in [4.69, 9.17) is 4.74 Å². The SMILES string of the molecule is O=C(Nc1ccc(OC(F)(F)F)cc1)NC1CCN(C(=O)[C@@H]2CCOC2)CC1. The molecule has 1 aromatic rings. The number of anilines is 1. The molecule has 1 atom stereocenters. The van der Waals surface area contributed by atoms with E-state index in [1.165, 1.54) is 12.1 Å². The smallest absolute Gasteiger partial charge is 0.406 e. The second kappa shape index (κ2) is 8.68. The molecule has 154 valence electrons. The van der Waals surface area contributed by atoms with Crippen molar-refractivity contribution in [3.05, 3.63) is 24.3 Å². The highest BCUT2D eigenvalue weighted by atomic mass is 19.4. The lowest BCUT2D eigenvalue weighted by Gasteiger charge is -2.33. The monoisotopic (exact) mass is 401 g/mol. The van der Waals surface area contributed by atoms with Crippen LogP contribution in [-0.2, 0) is 9.53 Å². The molecule has 10 heteroatoms. The summed E-state index contributed by atoms with van der Waals surface area (Å²) in [6.45, 7) is 2.25. The van der Waals surface area contributed by atoms with E-state index >= 15 is 0 Å². The van der Waals surface area contributed by atoms with E-state index in [-0.39, 0.29) is 23.6 Å². The summed E-state index contributed by atoms with van der Waals surface area (Å²) in [5, 5.41) is 5.40. The minimum atomic E-state index is -4.76. The van der Waals surface area contributed by atoms with Gasteiger partial charge in [0.2, 0.25) is 5.91 Å². The molecule has 3 rings (SSSR count). The minimum Gasteiger partial charge on any atom is -0.406 e. The zero-order valence-corrected chi connectivity index (χ0v) is 15.1. The summed E-state index contributed by atoms with van der Waals surface area (Å²) in [6.07, 6.45) is -2.71. The number of benzene rings is 1. The van der Waals surface area contributed by atoms with Crippen molar-refractivity contribution in [2.75, 3.05) is 31.6 Å². The summed E-state index contributed by atoms with van der Waals surface area (Å²) in [5.41, 5.74) is 0.348. The summed E-state index contributed by atoms with van der Waals surface area (Å²) in [4.78, 5) is 26.3. The summed E-state index contributed by atoms with van der Waals surface area (Å²) in [7, 11) is 0. The Morgan fingerprint density at radius 2 is 1.79 bits per heavy atom. The normalized spacial score (nSPS) is 20.7. The van der Waals surface area contributed by atoms with Gasteiger partial charge in [-0.2, -0.15) is 0 Å². The van der Waals surface area contributed by atoms with Gasteiger partial charge in [0.1, 0.15) is 5.75 Å². The van der Waals surface area contributed by atoms with Crippen LogP contribution in [0.25, 0.3) is 0 Å². The molecule has 2 fully saturated rings. The van der Waals surface area contributed by atoms with Crippen LogP contribution in [-0.4, -0.2) is 55.5 Å². The van der Waals surface area contributed by atoms with Crippen molar-refractivity contribution in [1.29, 1.82) is 0 Å². The van der Waals surface area contributed by atoms with Crippen molar-refractivity contribution in [2.24, 2.45) is 5.92 Å². The largest absolute Gasteiger partial charge is 0.573 e. The molecular formula is C18H22F3N3O4. The number of halogens is 3. The van der Waals surface area contributed by atoms with E-state index in [1.54, 1.807) is 0 Å². The van der Waals surface area contributed by atoms with Crippen molar-refractivity contribution in [3.8, 4) is 5.75 Å². The topological polar surface area (TPSA) is 79.9 Å². The van der Waals surface area contributed by atoms with E-state index in [9.17, 15) is 22.8 Å². The van der Waals surface area contributed by atoms with Crippen LogP contribution in [0.3, 0.4) is 0 Å². The Bertz CT molecular complexity index is 682. The third kappa shape index (κ3) is 5.75.